The Bertz CT molecular complexity index is 623. The van der Waals surface area contributed by atoms with Crippen LogP contribution in [0.3, 0.4) is 0 Å². The molecule has 1 nitrogen and oxygen atoms in total. The zero-order valence-electron chi connectivity index (χ0n) is 13.0. The van der Waals surface area contributed by atoms with E-state index in [1.807, 2.05) is 0 Å². The van der Waals surface area contributed by atoms with Gasteiger partial charge >= 0.3 is 0 Å². The van der Waals surface area contributed by atoms with Gasteiger partial charge in [-0.2, -0.15) is 0 Å². The molecule has 21 heavy (non-hydrogen) atoms. The molecular formula is C18H22BrNS. The Balaban J connectivity index is 2.11. The first-order valence-corrected chi connectivity index (χ1v) is 8.83. The minimum Gasteiger partial charge on any atom is -0.310 e. The van der Waals surface area contributed by atoms with Crippen molar-refractivity contribution in [3.8, 4) is 0 Å². The summed E-state index contributed by atoms with van der Waals surface area (Å²) in [5.41, 5.74) is 3.99. The largest absolute Gasteiger partial charge is 0.310 e. The Labute approximate surface area is 140 Å². The lowest BCUT2D eigenvalue weighted by Crippen LogP contribution is -2.21. The number of hydrogen-bond donors (Lipinski definition) is 1. The molecule has 0 heterocycles. The molecule has 2 aromatic rings. The van der Waals surface area contributed by atoms with Crippen molar-refractivity contribution in [2.75, 3.05) is 0 Å². The Hall–Kier alpha value is -0.770. The maximum Gasteiger partial charge on any atom is 0.0318 e. The van der Waals surface area contributed by atoms with Crippen molar-refractivity contribution in [1.29, 1.82) is 0 Å². The van der Waals surface area contributed by atoms with Gasteiger partial charge in [0.15, 0.2) is 0 Å². The van der Waals surface area contributed by atoms with Gasteiger partial charge in [0.05, 0.1) is 0 Å². The van der Waals surface area contributed by atoms with Crippen molar-refractivity contribution in [2.24, 2.45) is 0 Å². The molecule has 0 aliphatic heterocycles. The highest BCUT2D eigenvalue weighted by molar-refractivity contribution is 9.10. The molecule has 0 fully saturated rings. The maximum absolute atomic E-state index is 3.70. The molecule has 0 amide bonds. The number of rotatable bonds is 5. The van der Waals surface area contributed by atoms with Gasteiger partial charge in [-0.05, 0) is 70.7 Å². The summed E-state index contributed by atoms with van der Waals surface area (Å²) in [4.78, 5) is 2.54. The number of hydrogen-bond acceptors (Lipinski definition) is 2. The van der Waals surface area contributed by atoms with Crippen molar-refractivity contribution in [1.82, 2.24) is 5.32 Å². The van der Waals surface area contributed by atoms with Crippen LogP contribution in [0.15, 0.2) is 50.7 Å². The SMILES string of the molecule is Cc1ccc(Sc2ccc(CNC(C)C)cc2Br)cc1C. The van der Waals surface area contributed by atoms with Gasteiger partial charge in [-0.1, -0.05) is 37.7 Å². The third-order valence-corrected chi connectivity index (χ3v) is 5.40. The fourth-order valence-electron chi connectivity index (χ4n) is 1.96. The first-order chi connectivity index (χ1) is 9.95. The summed E-state index contributed by atoms with van der Waals surface area (Å²) >= 11 is 5.50. The fourth-order valence-corrected chi connectivity index (χ4v) is 3.55. The molecule has 3 heteroatoms. The lowest BCUT2D eigenvalue weighted by molar-refractivity contribution is 0.588. The second kappa shape index (κ2) is 7.48. The Morgan fingerprint density at radius 3 is 2.43 bits per heavy atom. The summed E-state index contributed by atoms with van der Waals surface area (Å²) in [6, 6.07) is 13.7. The van der Waals surface area contributed by atoms with Gasteiger partial charge in [0.2, 0.25) is 0 Å². The van der Waals surface area contributed by atoms with Gasteiger partial charge in [-0.15, -0.1) is 0 Å². The van der Waals surface area contributed by atoms with E-state index in [1.165, 1.54) is 26.5 Å². The smallest absolute Gasteiger partial charge is 0.0318 e. The third-order valence-electron chi connectivity index (χ3n) is 3.42. The molecule has 0 atom stereocenters. The minimum absolute atomic E-state index is 0.508. The van der Waals surface area contributed by atoms with Gasteiger partial charge in [0, 0.05) is 26.9 Å². The molecule has 1 N–H and O–H groups in total. The third kappa shape index (κ3) is 4.87. The summed E-state index contributed by atoms with van der Waals surface area (Å²) in [6.07, 6.45) is 0. The number of halogens is 1. The van der Waals surface area contributed by atoms with Crippen molar-refractivity contribution >= 4 is 27.7 Å². The van der Waals surface area contributed by atoms with Crippen LogP contribution in [0.5, 0.6) is 0 Å². The van der Waals surface area contributed by atoms with Crippen molar-refractivity contribution in [3.05, 3.63) is 57.6 Å². The van der Waals surface area contributed by atoms with E-state index < -0.39 is 0 Å². The molecular weight excluding hydrogens is 342 g/mol. The van der Waals surface area contributed by atoms with Crippen molar-refractivity contribution < 1.29 is 0 Å². The lowest BCUT2D eigenvalue weighted by atomic mass is 10.1. The quantitative estimate of drug-likeness (QED) is 0.729. The van der Waals surface area contributed by atoms with E-state index in [2.05, 4.69) is 85.3 Å². The summed E-state index contributed by atoms with van der Waals surface area (Å²) in [7, 11) is 0. The molecule has 0 saturated heterocycles. The average molecular weight is 364 g/mol. The van der Waals surface area contributed by atoms with Crippen LogP contribution in [0.4, 0.5) is 0 Å². The highest BCUT2D eigenvalue weighted by atomic mass is 79.9. The van der Waals surface area contributed by atoms with Crippen LogP contribution in [0.1, 0.15) is 30.5 Å². The second-order valence-corrected chi connectivity index (χ2v) is 7.62. The highest BCUT2D eigenvalue weighted by Gasteiger charge is 2.05. The van der Waals surface area contributed by atoms with Crippen LogP contribution in [0.25, 0.3) is 0 Å². The molecule has 0 aliphatic rings. The topological polar surface area (TPSA) is 12.0 Å². The number of aryl methyl sites for hydroxylation is 2. The molecule has 0 unspecified atom stereocenters. The van der Waals surface area contributed by atoms with E-state index >= 15 is 0 Å². The molecule has 0 radical (unpaired) electrons. The average Bonchev–Trinajstić information content (AvgIpc) is 2.43. The summed E-state index contributed by atoms with van der Waals surface area (Å²) in [6.45, 7) is 9.55. The van der Waals surface area contributed by atoms with Crippen LogP contribution in [0, 0.1) is 13.8 Å². The van der Waals surface area contributed by atoms with Crippen LogP contribution in [0.2, 0.25) is 0 Å². The van der Waals surface area contributed by atoms with E-state index in [-0.39, 0.29) is 0 Å². The van der Waals surface area contributed by atoms with Crippen LogP contribution in [-0.2, 0) is 6.54 Å². The second-order valence-electron chi connectivity index (χ2n) is 5.65. The standard InChI is InChI=1S/C18H22BrNS/c1-12(2)20-11-15-6-8-18(17(19)10-15)21-16-7-5-13(3)14(4)9-16/h5-10,12,20H,11H2,1-4H3. The maximum atomic E-state index is 3.70. The van der Waals surface area contributed by atoms with E-state index in [9.17, 15) is 0 Å². The first-order valence-electron chi connectivity index (χ1n) is 7.22. The fraction of sp³-hybridized carbons (Fsp3) is 0.333. The number of benzene rings is 2. The summed E-state index contributed by atoms with van der Waals surface area (Å²) in [5, 5.41) is 3.44. The van der Waals surface area contributed by atoms with Gasteiger partial charge in [-0.3, -0.25) is 0 Å². The highest BCUT2D eigenvalue weighted by Crippen LogP contribution is 2.34. The van der Waals surface area contributed by atoms with E-state index in [4.69, 9.17) is 0 Å². The van der Waals surface area contributed by atoms with Crippen molar-refractivity contribution in [3.63, 3.8) is 0 Å². The molecule has 0 spiro atoms. The first kappa shape index (κ1) is 16.6. The predicted octanol–water partition coefficient (Wildman–Crippen LogP) is 5.72. The summed E-state index contributed by atoms with van der Waals surface area (Å²) in [5.74, 6) is 0. The molecule has 112 valence electrons. The zero-order valence-corrected chi connectivity index (χ0v) is 15.4. The van der Waals surface area contributed by atoms with Gasteiger partial charge in [0.25, 0.3) is 0 Å². The zero-order chi connectivity index (χ0) is 15.4. The number of nitrogens with one attached hydrogen (secondary N) is 1. The normalized spacial score (nSPS) is 11.1. The molecule has 2 aromatic carbocycles. The minimum atomic E-state index is 0.508. The molecule has 0 aromatic heterocycles. The lowest BCUT2D eigenvalue weighted by Gasteiger charge is -2.11. The Morgan fingerprint density at radius 1 is 1.05 bits per heavy atom. The molecule has 0 aliphatic carbocycles. The van der Waals surface area contributed by atoms with Crippen LogP contribution >= 0.6 is 27.7 Å². The monoisotopic (exact) mass is 363 g/mol. The molecule has 0 bridgehead atoms. The Morgan fingerprint density at radius 2 is 1.81 bits per heavy atom. The van der Waals surface area contributed by atoms with Gasteiger partial charge in [0.1, 0.15) is 0 Å². The Kier molecular flexibility index (Phi) is 5.91. The van der Waals surface area contributed by atoms with Gasteiger partial charge < -0.3 is 5.32 Å². The van der Waals surface area contributed by atoms with Crippen LogP contribution < -0.4 is 5.32 Å². The van der Waals surface area contributed by atoms with E-state index in [1.54, 1.807) is 11.8 Å². The van der Waals surface area contributed by atoms with Gasteiger partial charge in [-0.25, -0.2) is 0 Å². The van der Waals surface area contributed by atoms with E-state index in [0.717, 1.165) is 11.0 Å². The van der Waals surface area contributed by atoms with Crippen molar-refractivity contribution in [2.45, 2.75) is 50.1 Å². The summed E-state index contributed by atoms with van der Waals surface area (Å²) < 4.78 is 1.16. The molecule has 0 saturated carbocycles. The predicted molar refractivity (Wildman–Crippen MR) is 96.2 cm³/mol. The van der Waals surface area contributed by atoms with Crippen LogP contribution in [-0.4, -0.2) is 6.04 Å². The molecule has 2 rings (SSSR count). The van der Waals surface area contributed by atoms with E-state index in [0.29, 0.717) is 6.04 Å².